The molecule has 3 heterocycles. The van der Waals surface area contributed by atoms with Crippen LogP contribution in [-0.4, -0.2) is 48.6 Å². The largest absolute Gasteiger partial charge is 0.377 e. The van der Waals surface area contributed by atoms with E-state index in [4.69, 9.17) is 4.74 Å². The van der Waals surface area contributed by atoms with E-state index in [1.807, 2.05) is 4.90 Å². The van der Waals surface area contributed by atoms with Crippen molar-refractivity contribution in [2.24, 2.45) is 5.41 Å². The van der Waals surface area contributed by atoms with Gasteiger partial charge in [0.15, 0.2) is 5.41 Å². The van der Waals surface area contributed by atoms with E-state index < -0.39 is 40.0 Å². The number of rotatable bonds is 2. The number of amides is 4. The zero-order chi connectivity index (χ0) is 22.6. The van der Waals surface area contributed by atoms with Gasteiger partial charge < -0.3 is 9.64 Å². The number of urea groups is 1. The maximum Gasteiger partial charge on any atom is 0.335 e. The van der Waals surface area contributed by atoms with Gasteiger partial charge in [0, 0.05) is 30.8 Å². The molecule has 2 fully saturated rings. The Kier molecular flexibility index (Phi) is 4.45. The zero-order valence-electron chi connectivity index (χ0n) is 16.6. The Morgan fingerprint density at radius 1 is 1.16 bits per heavy atom. The van der Waals surface area contributed by atoms with Crippen molar-refractivity contribution in [3.8, 4) is 0 Å². The number of benzene rings is 2. The summed E-state index contributed by atoms with van der Waals surface area (Å²) in [7, 11) is 0. The van der Waals surface area contributed by atoms with Crippen molar-refractivity contribution in [2.75, 3.05) is 29.6 Å². The van der Waals surface area contributed by atoms with Gasteiger partial charge >= 0.3 is 6.03 Å². The summed E-state index contributed by atoms with van der Waals surface area (Å²) in [5.74, 6) is -2.12. The number of carbonyl (C=O) groups is 3. The lowest BCUT2D eigenvalue weighted by molar-refractivity contribution is -0.384. The minimum atomic E-state index is -1.76. The topological polar surface area (TPSA) is 122 Å². The van der Waals surface area contributed by atoms with Crippen LogP contribution in [-0.2, 0) is 20.7 Å². The Hall–Kier alpha value is -3.86. The van der Waals surface area contributed by atoms with Crippen LogP contribution in [0.15, 0.2) is 42.5 Å². The van der Waals surface area contributed by atoms with Crippen LogP contribution >= 0.6 is 0 Å². The summed E-state index contributed by atoms with van der Waals surface area (Å²) >= 11 is 0. The first-order chi connectivity index (χ1) is 15.3. The van der Waals surface area contributed by atoms with Gasteiger partial charge in [-0.25, -0.2) is 14.1 Å². The maximum atomic E-state index is 13.8. The summed E-state index contributed by atoms with van der Waals surface area (Å²) < 4.78 is 19.0. The number of hydrogen-bond donors (Lipinski definition) is 1. The number of nitro benzene ring substituents is 1. The lowest BCUT2D eigenvalue weighted by atomic mass is 9.68. The number of carbonyl (C=O) groups excluding carboxylic acids is 3. The summed E-state index contributed by atoms with van der Waals surface area (Å²) in [6, 6.07) is 7.41. The molecule has 4 amide bonds. The third kappa shape index (κ3) is 2.78. The average Bonchev–Trinajstić information content (AvgIpc) is 2.78. The first-order valence-electron chi connectivity index (χ1n) is 9.90. The van der Waals surface area contributed by atoms with Crippen molar-refractivity contribution in [2.45, 2.75) is 12.5 Å². The summed E-state index contributed by atoms with van der Waals surface area (Å²) in [6.45, 7) is 0.767. The van der Waals surface area contributed by atoms with Crippen LogP contribution in [0.1, 0.15) is 5.56 Å². The predicted molar refractivity (Wildman–Crippen MR) is 109 cm³/mol. The fraction of sp³-hybridized carbons (Fsp3) is 0.286. The van der Waals surface area contributed by atoms with Gasteiger partial charge in [-0.1, -0.05) is 0 Å². The van der Waals surface area contributed by atoms with E-state index in [9.17, 15) is 28.9 Å². The standard InChI is InChI=1S/C21H17FN4O6/c22-13-1-3-14(4-2-13)25-19(28)21(18(27)23-20(25)29)10-12-9-15(26(30)31)5-6-16(12)24-7-8-32-11-17(21)24/h1-6,9,17H,7-8,10-11H2,(H,23,27,29)/t17-,21+/m1/s1. The smallest absolute Gasteiger partial charge is 0.335 e. The minimum Gasteiger partial charge on any atom is -0.377 e. The molecule has 0 saturated carbocycles. The Morgan fingerprint density at radius 2 is 1.91 bits per heavy atom. The summed E-state index contributed by atoms with van der Waals surface area (Å²) in [6.07, 6.45) is -0.149. The van der Waals surface area contributed by atoms with E-state index in [-0.39, 0.29) is 24.4 Å². The second kappa shape index (κ2) is 7.09. The van der Waals surface area contributed by atoms with Gasteiger partial charge in [-0.3, -0.25) is 25.0 Å². The number of nitro groups is 1. The fourth-order valence-corrected chi connectivity index (χ4v) is 4.75. The molecule has 2 aromatic rings. The molecule has 3 aliphatic rings. The molecular formula is C21H17FN4O6. The van der Waals surface area contributed by atoms with Gasteiger partial charge in [0.25, 0.3) is 11.6 Å². The number of nitrogens with one attached hydrogen (secondary N) is 1. The number of morpholine rings is 1. The monoisotopic (exact) mass is 440 g/mol. The molecule has 0 aliphatic carbocycles. The van der Waals surface area contributed by atoms with Crippen LogP contribution in [0.25, 0.3) is 0 Å². The van der Waals surface area contributed by atoms with E-state index in [0.29, 0.717) is 24.4 Å². The minimum absolute atomic E-state index is 0.0566. The van der Waals surface area contributed by atoms with Crippen LogP contribution in [0.2, 0.25) is 0 Å². The molecule has 3 aliphatic heterocycles. The SMILES string of the molecule is O=C1NC(=O)[C@@]2(Cc3cc([N+](=O)[O-])ccc3N3CCOC[C@@H]32)C(=O)N1c1ccc(F)cc1. The normalized spacial score (nSPS) is 24.8. The molecule has 0 bridgehead atoms. The molecule has 0 unspecified atom stereocenters. The van der Waals surface area contributed by atoms with Gasteiger partial charge in [0.05, 0.1) is 29.9 Å². The molecule has 0 aromatic heterocycles. The summed E-state index contributed by atoms with van der Waals surface area (Å²) in [5.41, 5.74) is -0.686. The summed E-state index contributed by atoms with van der Waals surface area (Å²) in [4.78, 5) is 53.1. The van der Waals surface area contributed by atoms with E-state index in [0.717, 1.165) is 17.0 Å². The van der Waals surface area contributed by atoms with Gasteiger partial charge in [0.1, 0.15) is 5.82 Å². The second-order valence-electron chi connectivity index (χ2n) is 7.88. The molecule has 1 N–H and O–H groups in total. The second-order valence-corrected chi connectivity index (χ2v) is 7.88. The van der Waals surface area contributed by atoms with Crippen LogP contribution < -0.4 is 15.1 Å². The lowest BCUT2D eigenvalue weighted by Crippen LogP contribution is -2.74. The van der Waals surface area contributed by atoms with Crippen LogP contribution in [0, 0.1) is 21.3 Å². The maximum absolute atomic E-state index is 13.8. The third-order valence-electron chi connectivity index (χ3n) is 6.25. The first-order valence-corrected chi connectivity index (χ1v) is 9.90. The Morgan fingerprint density at radius 3 is 2.62 bits per heavy atom. The molecule has 10 nitrogen and oxygen atoms in total. The third-order valence-corrected chi connectivity index (χ3v) is 6.25. The molecule has 2 atom stereocenters. The Balaban J connectivity index is 1.66. The molecular weight excluding hydrogens is 423 g/mol. The zero-order valence-corrected chi connectivity index (χ0v) is 16.6. The predicted octanol–water partition coefficient (Wildman–Crippen LogP) is 1.76. The summed E-state index contributed by atoms with van der Waals surface area (Å²) in [5, 5.41) is 13.6. The van der Waals surface area contributed by atoms with Crippen LogP contribution in [0.4, 0.5) is 26.2 Å². The molecule has 164 valence electrons. The highest BCUT2D eigenvalue weighted by molar-refractivity contribution is 6.30. The number of fused-ring (bicyclic) bond motifs is 4. The number of hydrogen-bond acceptors (Lipinski definition) is 7. The number of halogens is 1. The van der Waals surface area contributed by atoms with E-state index in [1.54, 1.807) is 6.07 Å². The van der Waals surface area contributed by atoms with Crippen LogP contribution in [0.5, 0.6) is 0 Å². The number of imide groups is 2. The van der Waals surface area contributed by atoms with Crippen molar-refractivity contribution in [1.29, 1.82) is 0 Å². The molecule has 2 aromatic carbocycles. The van der Waals surface area contributed by atoms with E-state index >= 15 is 0 Å². The van der Waals surface area contributed by atoms with Crippen molar-refractivity contribution in [3.63, 3.8) is 0 Å². The fourth-order valence-electron chi connectivity index (χ4n) is 4.75. The van der Waals surface area contributed by atoms with Crippen molar-refractivity contribution >= 4 is 34.9 Å². The molecule has 2 saturated heterocycles. The van der Waals surface area contributed by atoms with Crippen molar-refractivity contribution in [1.82, 2.24) is 5.32 Å². The van der Waals surface area contributed by atoms with Gasteiger partial charge in [-0.05, 0) is 35.9 Å². The number of barbiturate groups is 1. The highest BCUT2D eigenvalue weighted by Crippen LogP contribution is 2.46. The first kappa shape index (κ1) is 20.1. The van der Waals surface area contributed by atoms with Crippen LogP contribution in [0.3, 0.4) is 0 Å². The van der Waals surface area contributed by atoms with Gasteiger partial charge in [0.2, 0.25) is 5.91 Å². The molecule has 5 rings (SSSR count). The number of non-ortho nitro benzene ring substituents is 1. The molecule has 0 radical (unpaired) electrons. The Labute approximate surface area is 180 Å². The van der Waals surface area contributed by atoms with Gasteiger partial charge in [-0.15, -0.1) is 0 Å². The molecule has 11 heteroatoms. The Bertz CT molecular complexity index is 1170. The number of anilines is 2. The van der Waals surface area contributed by atoms with E-state index in [2.05, 4.69) is 5.32 Å². The quantitative estimate of drug-likeness (QED) is 0.429. The average molecular weight is 440 g/mol. The van der Waals surface area contributed by atoms with E-state index in [1.165, 1.54) is 24.3 Å². The number of nitrogens with zero attached hydrogens (tertiary/aromatic N) is 3. The van der Waals surface area contributed by atoms with Crippen molar-refractivity contribution < 1.29 is 28.4 Å². The highest BCUT2D eigenvalue weighted by atomic mass is 19.1. The lowest BCUT2D eigenvalue weighted by Gasteiger charge is -2.53. The molecule has 1 spiro atoms. The van der Waals surface area contributed by atoms with Crippen molar-refractivity contribution in [3.05, 3.63) is 64.0 Å². The molecule has 32 heavy (non-hydrogen) atoms. The number of ether oxygens (including phenoxy) is 1. The highest BCUT2D eigenvalue weighted by Gasteiger charge is 2.63. The van der Waals surface area contributed by atoms with Gasteiger partial charge in [-0.2, -0.15) is 0 Å².